The second-order valence-corrected chi connectivity index (χ2v) is 26.9. The monoisotopic (exact) mass is 1140 g/mol. The number of phosphoric acid groups is 1. The number of carbonyl (C=O) groups is 2. The Balaban J connectivity index is 4.90. The van der Waals surface area contributed by atoms with E-state index in [-0.39, 0.29) is 25.1 Å². The third-order valence-electron chi connectivity index (χ3n) is 16.2. The zero-order chi connectivity index (χ0) is 57.9. The number of hydrogen-bond donors (Lipinski definition) is 2. The second kappa shape index (κ2) is 59.9. The Kier molecular flexibility index (Phi) is 58.9. The molecule has 0 aromatic carbocycles. The van der Waals surface area contributed by atoms with Crippen LogP contribution in [0.2, 0.25) is 0 Å². The molecular weight excluding hydrogens is 1000 g/mol. The molecule has 10 heteroatoms. The average Bonchev–Trinajstić information content (AvgIpc) is 3.41. The number of nitrogens with one attached hydrogen (secondary N) is 1. The van der Waals surface area contributed by atoms with Crippen LogP contribution in [0.1, 0.15) is 367 Å². The fourth-order valence-corrected chi connectivity index (χ4v) is 11.6. The highest BCUT2D eigenvalue weighted by Gasteiger charge is 2.30. The van der Waals surface area contributed by atoms with Crippen LogP contribution in [0.4, 0.5) is 0 Å². The van der Waals surface area contributed by atoms with E-state index in [2.05, 4.69) is 26.1 Å². The van der Waals surface area contributed by atoms with Crippen molar-refractivity contribution in [2.75, 3.05) is 40.9 Å². The molecule has 3 unspecified atom stereocenters. The Hall–Kier alpha value is -1.25. The highest BCUT2D eigenvalue weighted by Crippen LogP contribution is 2.43. The van der Waals surface area contributed by atoms with Crippen molar-refractivity contribution >= 4 is 19.7 Å². The minimum atomic E-state index is -4.44. The molecule has 0 aromatic rings. The first-order valence-corrected chi connectivity index (χ1v) is 36.5. The normalized spacial score (nSPS) is 13.6. The Labute approximate surface area is 492 Å². The molecule has 0 aromatic heterocycles. The molecule has 1 amide bonds. The molecular formula is C69H138N2O7P+. The molecule has 0 fully saturated rings. The van der Waals surface area contributed by atoms with Gasteiger partial charge in [-0.15, -0.1) is 0 Å². The lowest BCUT2D eigenvalue weighted by molar-refractivity contribution is -0.870. The van der Waals surface area contributed by atoms with Crippen molar-refractivity contribution in [1.29, 1.82) is 0 Å². The van der Waals surface area contributed by atoms with Crippen molar-refractivity contribution in [3.8, 4) is 0 Å². The van der Waals surface area contributed by atoms with Crippen molar-refractivity contribution in [3.05, 3.63) is 12.2 Å². The number of amides is 1. The maximum Gasteiger partial charge on any atom is 0.472 e. The number of phosphoric ester groups is 1. The van der Waals surface area contributed by atoms with Gasteiger partial charge in [0.25, 0.3) is 0 Å². The van der Waals surface area contributed by atoms with E-state index in [0.29, 0.717) is 23.9 Å². The number of allylic oxidation sites excluding steroid dienone is 1. The maximum atomic E-state index is 13.6. The van der Waals surface area contributed by atoms with Crippen molar-refractivity contribution in [3.63, 3.8) is 0 Å². The van der Waals surface area contributed by atoms with Gasteiger partial charge >= 0.3 is 13.8 Å². The first kappa shape index (κ1) is 77.8. The van der Waals surface area contributed by atoms with E-state index in [0.717, 1.165) is 57.8 Å². The Morgan fingerprint density at radius 3 is 1.04 bits per heavy atom. The molecule has 0 spiro atoms. The van der Waals surface area contributed by atoms with Gasteiger partial charge in [-0.3, -0.25) is 18.6 Å². The van der Waals surface area contributed by atoms with Gasteiger partial charge in [-0.25, -0.2) is 4.57 Å². The van der Waals surface area contributed by atoms with Gasteiger partial charge in [-0.2, -0.15) is 0 Å². The number of rotatable bonds is 65. The minimum absolute atomic E-state index is 0.0459. The predicted octanol–water partition coefficient (Wildman–Crippen LogP) is 21.9. The second-order valence-electron chi connectivity index (χ2n) is 25.4. The Morgan fingerprint density at radius 2 is 0.722 bits per heavy atom. The minimum Gasteiger partial charge on any atom is -0.456 e. The molecule has 0 radical (unpaired) electrons. The molecule has 0 aliphatic heterocycles. The fourth-order valence-electron chi connectivity index (χ4n) is 10.8. The summed E-state index contributed by atoms with van der Waals surface area (Å²) in [7, 11) is 1.52. The zero-order valence-electron chi connectivity index (χ0n) is 53.9. The van der Waals surface area contributed by atoms with Gasteiger partial charge in [-0.05, 0) is 31.8 Å². The summed E-state index contributed by atoms with van der Waals surface area (Å²) in [6.07, 6.45) is 70.9. The SMILES string of the molecule is CCCCCCCCCCC/C=C\C(OC(=O)CCCCCCCCCCCCCCCCC)C(COP(=O)(O)OCC[N+](C)(C)C)NC(=O)CCCCCCCCCCCCCCCCCCCCCCCCCCCCC. The van der Waals surface area contributed by atoms with Crippen molar-refractivity contribution in [1.82, 2.24) is 5.32 Å². The number of carbonyl (C=O) groups excluding carboxylic acids is 2. The summed E-state index contributed by atoms with van der Waals surface area (Å²) in [5.41, 5.74) is 0. The molecule has 0 rings (SSSR count). The van der Waals surface area contributed by atoms with Crippen molar-refractivity contribution in [2.45, 2.75) is 380 Å². The summed E-state index contributed by atoms with van der Waals surface area (Å²) in [5.74, 6) is -0.480. The number of unbranched alkanes of at least 4 members (excludes halogenated alkanes) is 49. The van der Waals surface area contributed by atoms with Gasteiger partial charge in [0.2, 0.25) is 5.91 Å². The van der Waals surface area contributed by atoms with E-state index >= 15 is 0 Å². The van der Waals surface area contributed by atoms with Crippen LogP contribution in [-0.2, 0) is 27.9 Å². The van der Waals surface area contributed by atoms with E-state index in [1.54, 1.807) is 0 Å². The van der Waals surface area contributed by atoms with Crippen LogP contribution in [0.3, 0.4) is 0 Å². The van der Waals surface area contributed by atoms with Crippen LogP contribution in [0.25, 0.3) is 0 Å². The highest BCUT2D eigenvalue weighted by molar-refractivity contribution is 7.47. The number of ether oxygens (including phenoxy) is 1. The van der Waals surface area contributed by atoms with Gasteiger partial charge in [0, 0.05) is 12.8 Å². The molecule has 3 atom stereocenters. The lowest BCUT2D eigenvalue weighted by Crippen LogP contribution is -2.47. The number of hydrogen-bond acceptors (Lipinski definition) is 6. The molecule has 0 saturated heterocycles. The summed E-state index contributed by atoms with van der Waals surface area (Å²) in [6, 6.07) is -0.840. The maximum absolute atomic E-state index is 13.6. The third-order valence-corrected chi connectivity index (χ3v) is 17.2. The van der Waals surface area contributed by atoms with Crippen LogP contribution in [0, 0.1) is 0 Å². The first-order chi connectivity index (χ1) is 38.4. The molecule has 470 valence electrons. The summed E-state index contributed by atoms with van der Waals surface area (Å²) >= 11 is 0. The van der Waals surface area contributed by atoms with E-state index in [9.17, 15) is 19.0 Å². The lowest BCUT2D eigenvalue weighted by atomic mass is 10.0. The predicted molar refractivity (Wildman–Crippen MR) is 342 cm³/mol. The molecule has 79 heavy (non-hydrogen) atoms. The number of nitrogens with zero attached hydrogens (tertiary/aromatic N) is 1. The Morgan fingerprint density at radius 1 is 0.430 bits per heavy atom. The number of esters is 1. The average molecular weight is 1140 g/mol. The van der Waals surface area contributed by atoms with E-state index in [1.165, 1.54) is 276 Å². The molecule has 0 aliphatic carbocycles. The summed E-state index contributed by atoms with van der Waals surface area (Å²) in [4.78, 5) is 37.8. The van der Waals surface area contributed by atoms with Crippen LogP contribution in [-0.4, -0.2) is 74.3 Å². The molecule has 0 heterocycles. The lowest BCUT2D eigenvalue weighted by Gasteiger charge is -2.27. The largest absolute Gasteiger partial charge is 0.472 e. The summed E-state index contributed by atoms with van der Waals surface area (Å²) in [5, 5.41) is 3.07. The van der Waals surface area contributed by atoms with E-state index in [4.69, 9.17) is 13.8 Å². The van der Waals surface area contributed by atoms with E-state index in [1.807, 2.05) is 33.3 Å². The van der Waals surface area contributed by atoms with Crippen LogP contribution in [0.5, 0.6) is 0 Å². The highest BCUT2D eigenvalue weighted by atomic mass is 31.2. The van der Waals surface area contributed by atoms with Crippen molar-refractivity contribution < 1.29 is 37.3 Å². The quantitative estimate of drug-likeness (QED) is 0.0205. The Bertz CT molecular complexity index is 1360. The van der Waals surface area contributed by atoms with Gasteiger partial charge < -0.3 is 19.4 Å². The summed E-state index contributed by atoms with van der Waals surface area (Å²) in [6.45, 7) is 7.08. The van der Waals surface area contributed by atoms with Crippen LogP contribution >= 0.6 is 7.82 Å². The molecule has 9 nitrogen and oxygen atoms in total. The number of quaternary nitrogens is 1. The van der Waals surface area contributed by atoms with Gasteiger partial charge in [0.1, 0.15) is 19.3 Å². The van der Waals surface area contributed by atoms with Crippen LogP contribution in [0.15, 0.2) is 12.2 Å². The fraction of sp³-hybridized carbons (Fsp3) is 0.942. The van der Waals surface area contributed by atoms with Crippen molar-refractivity contribution in [2.24, 2.45) is 0 Å². The topological polar surface area (TPSA) is 111 Å². The standard InChI is InChI=1S/C69H137N2O7P/c1-7-10-13-16-19-22-25-27-29-30-31-32-33-34-35-36-37-38-39-40-42-43-46-49-52-55-58-61-68(72)70-66(65-77-79(74,75)76-64-63-71(4,5)6)67(60-57-54-51-48-45-24-21-18-15-12-9-3)78-69(73)62-59-56-53-50-47-44-41-28-26-23-20-17-14-11-8-2/h57,60,66-67H,7-56,58-59,61-65H2,1-6H3,(H-,70,72,74,75)/p+1/b60-57-. The third kappa shape index (κ3) is 61.1. The van der Waals surface area contributed by atoms with Gasteiger partial charge in [0.15, 0.2) is 0 Å². The number of likely N-dealkylation sites (N-methyl/N-ethyl adjacent to an activating group) is 1. The molecule has 0 saturated carbocycles. The van der Waals surface area contributed by atoms with Gasteiger partial charge in [-0.1, -0.05) is 335 Å². The van der Waals surface area contributed by atoms with E-state index < -0.39 is 20.0 Å². The molecule has 0 bridgehead atoms. The van der Waals surface area contributed by atoms with Gasteiger partial charge in [0.05, 0.1) is 33.8 Å². The summed E-state index contributed by atoms with van der Waals surface area (Å²) < 4.78 is 30.8. The molecule has 2 N–H and O–H groups in total. The molecule has 0 aliphatic rings. The smallest absolute Gasteiger partial charge is 0.456 e. The zero-order valence-corrected chi connectivity index (χ0v) is 54.8. The van der Waals surface area contributed by atoms with Crippen LogP contribution < -0.4 is 5.32 Å². The first-order valence-electron chi connectivity index (χ1n) is 35.0.